The van der Waals surface area contributed by atoms with Crippen LogP contribution in [0.1, 0.15) is 12.8 Å². The molecule has 1 rings (SSSR count). The second kappa shape index (κ2) is 2.11. The fourth-order valence-corrected chi connectivity index (χ4v) is 1.44. The summed E-state index contributed by atoms with van der Waals surface area (Å²) < 4.78 is 5.19. The van der Waals surface area contributed by atoms with Crippen LogP contribution in [-0.4, -0.2) is 31.9 Å². The van der Waals surface area contributed by atoms with Crippen molar-refractivity contribution in [3.63, 3.8) is 0 Å². The van der Waals surface area contributed by atoms with Crippen molar-refractivity contribution in [1.29, 1.82) is 0 Å². The lowest BCUT2D eigenvalue weighted by molar-refractivity contribution is 0.140. The highest BCUT2D eigenvalue weighted by atomic mass is 28.2. The Hall–Kier alpha value is 0.394. The van der Waals surface area contributed by atoms with E-state index in [0.29, 0.717) is 0 Å². The van der Waals surface area contributed by atoms with Crippen molar-refractivity contribution in [2.45, 2.75) is 24.3 Å². The first-order valence-corrected chi connectivity index (χ1v) is 3.52. The Bertz CT molecular complexity index is 58.7. The number of hydrogen-bond acceptors (Lipinski definition) is 1. The van der Waals surface area contributed by atoms with Crippen molar-refractivity contribution in [2.24, 2.45) is 0 Å². The zero-order valence-corrected chi connectivity index (χ0v) is 5.98. The van der Waals surface area contributed by atoms with Crippen molar-refractivity contribution < 1.29 is 4.74 Å². The molecule has 0 aromatic rings. The molecule has 1 aliphatic heterocycles. The Morgan fingerprint density at radius 2 is 1.57 bits per heavy atom. The third kappa shape index (κ3) is 1.40. The molecule has 0 bridgehead atoms. The van der Waals surface area contributed by atoms with Crippen molar-refractivity contribution in [3.8, 4) is 0 Å². The molecule has 6 radical (unpaired) electrons. The van der Waals surface area contributed by atoms with Gasteiger partial charge in [-0.2, -0.15) is 0 Å². The molecule has 0 spiro atoms. The molecule has 1 saturated heterocycles. The summed E-state index contributed by atoms with van der Waals surface area (Å²) in [5, 5.41) is 0. The molecule has 0 amide bonds. The molecule has 2 atom stereocenters. The molecule has 0 N–H and O–H groups in total. The first-order chi connectivity index (χ1) is 3.29. The van der Waals surface area contributed by atoms with Gasteiger partial charge in [0.05, 0.1) is 20.5 Å². The van der Waals surface area contributed by atoms with E-state index in [0.717, 1.165) is 12.8 Å². The van der Waals surface area contributed by atoms with Gasteiger partial charge in [0.2, 0.25) is 0 Å². The smallest absolute Gasteiger partial charge is 0.0657 e. The van der Waals surface area contributed by atoms with Crippen LogP contribution in [0, 0.1) is 0 Å². The van der Waals surface area contributed by atoms with Crippen molar-refractivity contribution in [3.05, 3.63) is 0 Å². The van der Waals surface area contributed by atoms with Gasteiger partial charge in [-0.1, -0.05) is 0 Å². The van der Waals surface area contributed by atoms with E-state index >= 15 is 0 Å². The zero-order chi connectivity index (χ0) is 5.28. The molecular weight excluding hydrogens is 120 g/mol. The van der Waals surface area contributed by atoms with Crippen LogP contribution >= 0.6 is 0 Å². The maximum atomic E-state index is 5.19. The molecule has 1 nitrogen and oxygen atoms in total. The quantitative estimate of drug-likeness (QED) is 0.408. The van der Waals surface area contributed by atoms with Gasteiger partial charge >= 0.3 is 0 Å². The Morgan fingerprint density at radius 1 is 1.14 bits per heavy atom. The van der Waals surface area contributed by atoms with Crippen LogP contribution in [0.25, 0.3) is 0 Å². The molecule has 1 aliphatic rings. The minimum Gasteiger partial charge on any atom is -0.384 e. The number of hydrogen-bond donors (Lipinski definition) is 0. The third-order valence-corrected chi connectivity index (χ3v) is 1.87. The first-order valence-electron chi connectivity index (χ1n) is 2.37. The lowest BCUT2D eigenvalue weighted by Gasteiger charge is -2.01. The summed E-state index contributed by atoms with van der Waals surface area (Å²) in [5.74, 6) is 0. The van der Waals surface area contributed by atoms with E-state index in [2.05, 4.69) is 20.5 Å². The average molecular weight is 126 g/mol. The molecule has 0 aromatic heterocycles. The minimum atomic E-state index is 0.280. The monoisotopic (exact) mass is 126 g/mol. The van der Waals surface area contributed by atoms with E-state index in [1.807, 2.05) is 0 Å². The summed E-state index contributed by atoms with van der Waals surface area (Å²) in [6, 6.07) is 0. The van der Waals surface area contributed by atoms with Gasteiger partial charge in [0, 0.05) is 11.5 Å². The van der Waals surface area contributed by atoms with Gasteiger partial charge in [-0.05, 0) is 12.8 Å². The van der Waals surface area contributed by atoms with Gasteiger partial charge in [0.25, 0.3) is 0 Å². The van der Waals surface area contributed by atoms with E-state index < -0.39 is 0 Å². The molecule has 0 aliphatic carbocycles. The zero-order valence-electron chi connectivity index (χ0n) is 3.98. The summed E-state index contributed by atoms with van der Waals surface area (Å²) in [6.07, 6.45) is 2.23. The molecule has 0 aromatic carbocycles. The van der Waals surface area contributed by atoms with Crippen LogP contribution in [-0.2, 0) is 4.74 Å². The van der Waals surface area contributed by atoms with Crippen molar-refractivity contribution in [1.82, 2.24) is 0 Å². The van der Waals surface area contributed by atoms with Gasteiger partial charge in [-0.15, -0.1) is 0 Å². The largest absolute Gasteiger partial charge is 0.384 e. The van der Waals surface area contributed by atoms with E-state index in [-0.39, 0.29) is 11.5 Å². The molecular formula is C4H6OSi2. The van der Waals surface area contributed by atoms with Gasteiger partial charge < -0.3 is 4.74 Å². The number of ether oxygens (including phenoxy) is 1. The van der Waals surface area contributed by atoms with Gasteiger partial charge in [0.1, 0.15) is 0 Å². The fourth-order valence-electron chi connectivity index (χ4n) is 0.637. The molecule has 1 fully saturated rings. The van der Waals surface area contributed by atoms with Crippen LogP contribution in [0.15, 0.2) is 0 Å². The summed E-state index contributed by atoms with van der Waals surface area (Å²) in [5.41, 5.74) is 0.560. The van der Waals surface area contributed by atoms with Gasteiger partial charge in [-0.3, -0.25) is 0 Å². The summed E-state index contributed by atoms with van der Waals surface area (Å²) in [7, 11) is 6.74. The standard InChI is InChI=1S/C4H6OSi2/c6-3-1-2-4(7)5-3/h3-4H,1-2H2. The highest BCUT2D eigenvalue weighted by Crippen LogP contribution is 2.13. The third-order valence-electron chi connectivity index (χ3n) is 1.02. The van der Waals surface area contributed by atoms with Crippen molar-refractivity contribution in [2.75, 3.05) is 0 Å². The first kappa shape index (κ1) is 5.53. The second-order valence-corrected chi connectivity index (χ2v) is 2.98. The Balaban J connectivity index is 2.26. The van der Waals surface area contributed by atoms with E-state index in [1.165, 1.54) is 0 Å². The highest BCUT2D eigenvalue weighted by molar-refractivity contribution is 6.14. The predicted molar refractivity (Wildman–Crippen MR) is 29.4 cm³/mol. The molecule has 3 heteroatoms. The molecule has 0 saturated carbocycles. The lowest BCUT2D eigenvalue weighted by Crippen LogP contribution is -2.09. The summed E-state index contributed by atoms with van der Waals surface area (Å²) >= 11 is 0. The van der Waals surface area contributed by atoms with E-state index in [9.17, 15) is 0 Å². The average Bonchev–Trinajstić information content (AvgIpc) is 1.87. The Morgan fingerprint density at radius 3 is 1.71 bits per heavy atom. The second-order valence-electron chi connectivity index (χ2n) is 1.69. The summed E-state index contributed by atoms with van der Waals surface area (Å²) in [6.45, 7) is 0. The number of rotatable bonds is 0. The molecule has 1 heterocycles. The van der Waals surface area contributed by atoms with E-state index in [4.69, 9.17) is 4.74 Å². The lowest BCUT2D eigenvalue weighted by atomic mass is 10.4. The molecule has 2 unspecified atom stereocenters. The maximum Gasteiger partial charge on any atom is 0.0657 e. The Labute approximate surface area is 50.3 Å². The SMILES string of the molecule is [Si]C1CCC([Si])O1. The Kier molecular flexibility index (Phi) is 1.66. The van der Waals surface area contributed by atoms with Crippen LogP contribution in [0.5, 0.6) is 0 Å². The highest BCUT2D eigenvalue weighted by Gasteiger charge is 2.16. The molecule has 7 heavy (non-hydrogen) atoms. The predicted octanol–water partition coefficient (Wildman–Crippen LogP) is -0.214. The topological polar surface area (TPSA) is 9.23 Å². The van der Waals surface area contributed by atoms with Crippen LogP contribution in [0.3, 0.4) is 0 Å². The van der Waals surface area contributed by atoms with Gasteiger partial charge in [0.15, 0.2) is 0 Å². The van der Waals surface area contributed by atoms with Crippen LogP contribution < -0.4 is 0 Å². The van der Waals surface area contributed by atoms with Gasteiger partial charge in [-0.25, -0.2) is 0 Å². The van der Waals surface area contributed by atoms with Crippen LogP contribution in [0.4, 0.5) is 0 Å². The van der Waals surface area contributed by atoms with Crippen molar-refractivity contribution >= 4 is 20.5 Å². The molecule has 36 valence electrons. The normalized spacial score (nSPS) is 42.0. The van der Waals surface area contributed by atoms with Crippen LogP contribution in [0.2, 0.25) is 0 Å². The fraction of sp³-hybridized carbons (Fsp3) is 1.00. The summed E-state index contributed by atoms with van der Waals surface area (Å²) in [4.78, 5) is 0. The van der Waals surface area contributed by atoms with E-state index in [1.54, 1.807) is 0 Å². The maximum absolute atomic E-state index is 5.19. The minimum absolute atomic E-state index is 0.280.